The van der Waals surface area contributed by atoms with E-state index >= 15 is 0 Å². The molecule has 2 N–H and O–H groups in total. The topological polar surface area (TPSA) is 95.7 Å². The zero-order valence-electron chi connectivity index (χ0n) is 21.5. The predicted molar refractivity (Wildman–Crippen MR) is 151 cm³/mol. The predicted octanol–water partition coefficient (Wildman–Crippen LogP) is 4.25. The number of nitrogens with two attached hydrogens (primary N) is 1. The van der Waals surface area contributed by atoms with E-state index < -0.39 is 11.9 Å². The van der Waals surface area contributed by atoms with E-state index in [1.807, 2.05) is 55.9 Å². The molecule has 10 heteroatoms. The van der Waals surface area contributed by atoms with Gasteiger partial charge in [0.05, 0.1) is 10.5 Å². The quantitative estimate of drug-likeness (QED) is 0.467. The van der Waals surface area contributed by atoms with Gasteiger partial charge in [-0.05, 0) is 43.9 Å². The van der Waals surface area contributed by atoms with E-state index in [4.69, 9.17) is 28.9 Å². The van der Waals surface area contributed by atoms with Gasteiger partial charge in [-0.2, -0.15) is 0 Å². The van der Waals surface area contributed by atoms with Crippen molar-refractivity contribution in [2.45, 2.75) is 19.9 Å². The SMILES string of the molecule is CC.CN(C)C/C=C/C(=O)N1CCN(c2ncnc3cc(Cl)c(-c4ccc(Cl)cc4)cc23)CC1C(N)=O. The Morgan fingerprint density at radius 1 is 1.11 bits per heavy atom. The number of halogens is 2. The molecule has 1 aromatic heterocycles. The maximum Gasteiger partial charge on any atom is 0.247 e. The molecular weight excluding hydrogens is 511 g/mol. The minimum absolute atomic E-state index is 0.230. The molecule has 1 aliphatic rings. The highest BCUT2D eigenvalue weighted by Gasteiger charge is 2.34. The number of likely N-dealkylation sites (N-methyl/N-ethyl adjacent to an activating group) is 1. The largest absolute Gasteiger partial charge is 0.368 e. The second-order valence-corrected chi connectivity index (χ2v) is 9.46. The summed E-state index contributed by atoms with van der Waals surface area (Å²) in [6.45, 7) is 5.68. The Labute approximate surface area is 227 Å². The zero-order valence-corrected chi connectivity index (χ0v) is 23.0. The van der Waals surface area contributed by atoms with Crippen molar-refractivity contribution in [3.8, 4) is 11.1 Å². The Bertz CT molecular complexity index is 1280. The van der Waals surface area contributed by atoms with Crippen LogP contribution in [0, 0.1) is 0 Å². The van der Waals surface area contributed by atoms with Crippen molar-refractivity contribution >= 4 is 51.7 Å². The molecule has 2 heterocycles. The number of hydrogen-bond donors (Lipinski definition) is 1. The summed E-state index contributed by atoms with van der Waals surface area (Å²) >= 11 is 12.6. The van der Waals surface area contributed by atoms with Crippen LogP contribution in [0.5, 0.6) is 0 Å². The second kappa shape index (κ2) is 12.9. The Balaban J connectivity index is 0.00000186. The number of piperazine rings is 1. The number of hydrogen-bond acceptors (Lipinski definition) is 6. The molecule has 37 heavy (non-hydrogen) atoms. The third-order valence-electron chi connectivity index (χ3n) is 5.88. The van der Waals surface area contributed by atoms with Crippen molar-refractivity contribution in [1.82, 2.24) is 19.8 Å². The monoisotopic (exact) mass is 542 g/mol. The van der Waals surface area contributed by atoms with Gasteiger partial charge in [0.1, 0.15) is 18.2 Å². The first-order valence-electron chi connectivity index (χ1n) is 12.1. The number of fused-ring (bicyclic) bond motifs is 1. The summed E-state index contributed by atoms with van der Waals surface area (Å²) in [6, 6.07) is 10.4. The summed E-state index contributed by atoms with van der Waals surface area (Å²) in [6.07, 6.45) is 4.73. The third kappa shape index (κ3) is 6.77. The molecule has 0 radical (unpaired) electrons. The van der Waals surface area contributed by atoms with Crippen molar-refractivity contribution in [3.63, 3.8) is 0 Å². The zero-order chi connectivity index (χ0) is 27.1. The highest BCUT2D eigenvalue weighted by Crippen LogP contribution is 2.35. The van der Waals surface area contributed by atoms with Crippen LogP contribution >= 0.6 is 23.2 Å². The molecule has 1 aliphatic heterocycles. The van der Waals surface area contributed by atoms with E-state index in [0.29, 0.717) is 41.0 Å². The molecule has 0 bridgehead atoms. The van der Waals surface area contributed by atoms with Gasteiger partial charge in [-0.25, -0.2) is 9.97 Å². The highest BCUT2D eigenvalue weighted by atomic mass is 35.5. The number of nitrogens with zero attached hydrogens (tertiary/aromatic N) is 5. The number of anilines is 1. The molecule has 196 valence electrons. The fourth-order valence-electron chi connectivity index (χ4n) is 4.11. The van der Waals surface area contributed by atoms with E-state index in [9.17, 15) is 9.59 Å². The lowest BCUT2D eigenvalue weighted by atomic mass is 10.0. The Hall–Kier alpha value is -3.20. The summed E-state index contributed by atoms with van der Waals surface area (Å²) in [5.74, 6) is -0.143. The van der Waals surface area contributed by atoms with Crippen LogP contribution in [0.1, 0.15) is 13.8 Å². The second-order valence-electron chi connectivity index (χ2n) is 8.61. The van der Waals surface area contributed by atoms with E-state index in [0.717, 1.165) is 16.5 Å². The van der Waals surface area contributed by atoms with E-state index in [-0.39, 0.29) is 12.5 Å². The first-order chi connectivity index (χ1) is 17.7. The fourth-order valence-corrected chi connectivity index (χ4v) is 4.50. The number of benzene rings is 2. The number of carbonyl (C=O) groups excluding carboxylic acids is 2. The average Bonchev–Trinajstić information content (AvgIpc) is 2.89. The summed E-state index contributed by atoms with van der Waals surface area (Å²) in [7, 11) is 3.83. The maximum absolute atomic E-state index is 12.8. The number of primary amides is 1. The van der Waals surface area contributed by atoms with Crippen LogP contribution < -0.4 is 10.6 Å². The van der Waals surface area contributed by atoms with Crippen LogP contribution in [0.2, 0.25) is 10.0 Å². The van der Waals surface area contributed by atoms with E-state index in [1.165, 1.54) is 17.3 Å². The van der Waals surface area contributed by atoms with E-state index in [1.54, 1.807) is 24.3 Å². The molecule has 1 atom stereocenters. The number of amides is 2. The summed E-state index contributed by atoms with van der Waals surface area (Å²) < 4.78 is 0. The van der Waals surface area contributed by atoms with E-state index in [2.05, 4.69) is 9.97 Å². The Morgan fingerprint density at radius 3 is 2.46 bits per heavy atom. The highest BCUT2D eigenvalue weighted by molar-refractivity contribution is 6.34. The van der Waals surface area contributed by atoms with Gasteiger partial charge in [-0.15, -0.1) is 0 Å². The van der Waals surface area contributed by atoms with Gasteiger partial charge in [0, 0.05) is 48.2 Å². The van der Waals surface area contributed by atoms with Gasteiger partial charge in [-0.1, -0.05) is 55.3 Å². The Morgan fingerprint density at radius 2 is 1.81 bits per heavy atom. The van der Waals surface area contributed by atoms with Crippen LogP contribution in [-0.2, 0) is 9.59 Å². The van der Waals surface area contributed by atoms with Gasteiger partial charge in [0.2, 0.25) is 11.8 Å². The van der Waals surface area contributed by atoms with Crippen molar-refractivity contribution in [2.75, 3.05) is 45.2 Å². The molecule has 1 fully saturated rings. The lowest BCUT2D eigenvalue weighted by molar-refractivity contribution is -0.136. The number of rotatable bonds is 6. The normalized spacial score (nSPS) is 15.7. The smallest absolute Gasteiger partial charge is 0.247 e. The number of aromatic nitrogens is 2. The summed E-state index contributed by atoms with van der Waals surface area (Å²) in [5.41, 5.74) is 8.11. The van der Waals surface area contributed by atoms with Gasteiger partial charge >= 0.3 is 0 Å². The fraction of sp³-hybridized carbons (Fsp3) is 0.333. The first kappa shape index (κ1) is 28.4. The van der Waals surface area contributed by atoms with Crippen molar-refractivity contribution in [2.24, 2.45) is 5.73 Å². The van der Waals surface area contributed by atoms with Crippen LogP contribution in [0.4, 0.5) is 5.82 Å². The maximum atomic E-state index is 12.8. The molecule has 3 aromatic rings. The molecule has 0 aliphatic carbocycles. The number of carbonyl (C=O) groups is 2. The molecule has 0 spiro atoms. The molecule has 2 amide bonds. The molecule has 0 saturated carbocycles. The summed E-state index contributed by atoms with van der Waals surface area (Å²) in [5, 5.41) is 1.98. The van der Waals surface area contributed by atoms with Gasteiger partial charge in [-0.3, -0.25) is 9.59 Å². The lowest BCUT2D eigenvalue weighted by Crippen LogP contribution is -2.60. The lowest BCUT2D eigenvalue weighted by Gasteiger charge is -2.40. The van der Waals surface area contributed by atoms with Crippen LogP contribution in [0.3, 0.4) is 0 Å². The standard InChI is InChI=1S/C25H26Cl2N6O2.C2H6/c1-31(2)9-3-4-23(34)33-11-10-32(14-22(33)24(28)35)25-19-12-18(16-5-7-17(26)8-6-16)20(27)13-21(19)29-15-30-25;1-2/h3-8,12-13,15,22H,9-11,14H2,1-2H3,(H2,28,35);1-2H3/b4-3+;. The Kier molecular flexibility index (Phi) is 9.86. The van der Waals surface area contributed by atoms with Crippen LogP contribution in [0.25, 0.3) is 22.0 Å². The molecule has 2 aromatic carbocycles. The molecule has 1 saturated heterocycles. The third-order valence-corrected chi connectivity index (χ3v) is 6.45. The van der Waals surface area contributed by atoms with Gasteiger partial charge in [0.15, 0.2) is 0 Å². The minimum atomic E-state index is -0.784. The van der Waals surface area contributed by atoms with Gasteiger partial charge in [0.25, 0.3) is 0 Å². The summed E-state index contributed by atoms with van der Waals surface area (Å²) in [4.78, 5) is 39.4. The van der Waals surface area contributed by atoms with Crippen LogP contribution in [-0.4, -0.2) is 77.9 Å². The van der Waals surface area contributed by atoms with Crippen molar-refractivity contribution < 1.29 is 9.59 Å². The van der Waals surface area contributed by atoms with Crippen molar-refractivity contribution in [1.29, 1.82) is 0 Å². The van der Waals surface area contributed by atoms with Crippen LogP contribution in [0.15, 0.2) is 54.9 Å². The van der Waals surface area contributed by atoms with Crippen molar-refractivity contribution in [3.05, 3.63) is 64.9 Å². The first-order valence-corrected chi connectivity index (χ1v) is 12.9. The molecule has 1 unspecified atom stereocenters. The molecule has 8 nitrogen and oxygen atoms in total. The molecular formula is C27H32Cl2N6O2. The minimum Gasteiger partial charge on any atom is -0.368 e. The average molecular weight is 543 g/mol. The van der Waals surface area contributed by atoms with Gasteiger partial charge < -0.3 is 20.4 Å². The molecule has 4 rings (SSSR count).